The van der Waals surface area contributed by atoms with E-state index in [2.05, 4.69) is 20.1 Å². The van der Waals surface area contributed by atoms with Crippen molar-refractivity contribution in [3.63, 3.8) is 0 Å². The Bertz CT molecular complexity index is 891. The fourth-order valence-electron chi connectivity index (χ4n) is 4.19. The summed E-state index contributed by atoms with van der Waals surface area (Å²) in [6.45, 7) is 4.80. The van der Waals surface area contributed by atoms with Crippen LogP contribution >= 0.6 is 11.3 Å². The number of carbonyl (C=O) groups excluding carboxylic acids is 2. The number of aromatic nitrogens is 1. The number of esters is 1. The average molecular weight is 429 g/mol. The minimum Gasteiger partial charge on any atom is -0.465 e. The maximum Gasteiger partial charge on any atom is 0.341 e. The minimum absolute atomic E-state index is 0.0682. The molecule has 3 heterocycles. The van der Waals surface area contributed by atoms with Crippen LogP contribution in [0.5, 0.6) is 0 Å². The number of hydrogen-bond acceptors (Lipinski definition) is 7. The highest BCUT2D eigenvalue weighted by Gasteiger charge is 2.27. The standard InChI is InChI=1S/C22H28N4O3S/c1-29-22(28)20-17-4-2-3-5-18(17)30-21(20)24-19(27)15-26-12-10-25(11-13-26)14-16-6-8-23-9-7-16/h6-9H,2-5,10-15H2,1H3,(H,24,27). The van der Waals surface area contributed by atoms with Gasteiger partial charge in [-0.1, -0.05) is 0 Å². The lowest BCUT2D eigenvalue weighted by molar-refractivity contribution is -0.117. The van der Waals surface area contributed by atoms with E-state index in [-0.39, 0.29) is 11.9 Å². The van der Waals surface area contributed by atoms with Gasteiger partial charge in [0, 0.05) is 50.0 Å². The van der Waals surface area contributed by atoms with E-state index in [4.69, 9.17) is 4.74 Å². The molecule has 0 unspecified atom stereocenters. The van der Waals surface area contributed by atoms with Gasteiger partial charge in [0.05, 0.1) is 19.2 Å². The summed E-state index contributed by atoms with van der Waals surface area (Å²) < 4.78 is 4.99. The highest BCUT2D eigenvalue weighted by Crippen LogP contribution is 2.38. The molecular formula is C22H28N4O3S. The normalized spacial score (nSPS) is 17.4. The number of methoxy groups -OCH3 is 1. The molecule has 2 aromatic rings. The number of piperazine rings is 1. The van der Waals surface area contributed by atoms with E-state index >= 15 is 0 Å². The second kappa shape index (κ2) is 9.68. The summed E-state index contributed by atoms with van der Waals surface area (Å²) in [7, 11) is 1.40. The van der Waals surface area contributed by atoms with Crippen molar-refractivity contribution in [2.45, 2.75) is 32.2 Å². The number of hydrogen-bond donors (Lipinski definition) is 1. The van der Waals surface area contributed by atoms with Crippen molar-refractivity contribution in [3.05, 3.63) is 46.1 Å². The first-order valence-electron chi connectivity index (χ1n) is 10.5. The van der Waals surface area contributed by atoms with Gasteiger partial charge in [-0.3, -0.25) is 19.6 Å². The van der Waals surface area contributed by atoms with Crippen LogP contribution in [0.15, 0.2) is 24.5 Å². The number of pyridine rings is 1. The van der Waals surface area contributed by atoms with Crippen molar-refractivity contribution < 1.29 is 14.3 Å². The van der Waals surface area contributed by atoms with Crippen LogP contribution in [-0.4, -0.2) is 66.5 Å². The van der Waals surface area contributed by atoms with Crippen LogP contribution in [0.25, 0.3) is 0 Å². The van der Waals surface area contributed by atoms with E-state index in [0.717, 1.165) is 64.0 Å². The van der Waals surface area contributed by atoms with Gasteiger partial charge in [0.1, 0.15) is 5.00 Å². The lowest BCUT2D eigenvalue weighted by atomic mass is 9.95. The van der Waals surface area contributed by atoms with Crippen molar-refractivity contribution in [2.75, 3.05) is 45.2 Å². The van der Waals surface area contributed by atoms with Gasteiger partial charge in [-0.15, -0.1) is 11.3 Å². The van der Waals surface area contributed by atoms with Crippen molar-refractivity contribution in [1.29, 1.82) is 0 Å². The molecule has 2 aromatic heterocycles. The molecule has 7 nitrogen and oxygen atoms in total. The number of rotatable bonds is 6. The lowest BCUT2D eigenvalue weighted by Gasteiger charge is -2.34. The molecule has 30 heavy (non-hydrogen) atoms. The van der Waals surface area contributed by atoms with Crippen LogP contribution in [0, 0.1) is 0 Å². The third kappa shape index (κ3) is 4.88. The number of aryl methyl sites for hydroxylation is 1. The number of carbonyl (C=O) groups is 2. The molecule has 1 amide bonds. The molecule has 1 aliphatic heterocycles. The number of amides is 1. The summed E-state index contributed by atoms with van der Waals surface area (Å²) in [5.41, 5.74) is 2.89. The zero-order valence-electron chi connectivity index (χ0n) is 17.4. The van der Waals surface area contributed by atoms with Crippen LogP contribution in [-0.2, 0) is 28.9 Å². The molecule has 4 rings (SSSR count). The van der Waals surface area contributed by atoms with Crippen molar-refractivity contribution in [2.24, 2.45) is 0 Å². The molecule has 8 heteroatoms. The van der Waals surface area contributed by atoms with E-state index in [0.29, 0.717) is 17.1 Å². The highest BCUT2D eigenvalue weighted by atomic mass is 32.1. The molecule has 0 radical (unpaired) electrons. The maximum atomic E-state index is 12.7. The van der Waals surface area contributed by atoms with Gasteiger partial charge in [-0.05, 0) is 48.9 Å². The molecule has 0 saturated carbocycles. The summed E-state index contributed by atoms with van der Waals surface area (Å²) in [6, 6.07) is 4.08. The van der Waals surface area contributed by atoms with Crippen molar-refractivity contribution >= 4 is 28.2 Å². The second-order valence-corrected chi connectivity index (χ2v) is 8.97. The second-order valence-electron chi connectivity index (χ2n) is 7.86. The fraction of sp³-hybridized carbons (Fsp3) is 0.500. The van der Waals surface area contributed by atoms with Crippen LogP contribution < -0.4 is 5.32 Å². The van der Waals surface area contributed by atoms with Gasteiger partial charge in [-0.25, -0.2) is 4.79 Å². The number of anilines is 1. The van der Waals surface area contributed by atoms with Gasteiger partial charge < -0.3 is 10.1 Å². The monoisotopic (exact) mass is 428 g/mol. The fourth-order valence-corrected chi connectivity index (χ4v) is 5.49. The topological polar surface area (TPSA) is 74.8 Å². The number of fused-ring (bicyclic) bond motifs is 1. The average Bonchev–Trinajstić information content (AvgIpc) is 3.13. The van der Waals surface area contributed by atoms with Crippen molar-refractivity contribution in [1.82, 2.24) is 14.8 Å². The quantitative estimate of drug-likeness (QED) is 0.713. The van der Waals surface area contributed by atoms with Crippen LogP contribution in [0.3, 0.4) is 0 Å². The Hall–Kier alpha value is -2.29. The predicted molar refractivity (Wildman–Crippen MR) is 117 cm³/mol. The Morgan fingerprint density at radius 3 is 2.53 bits per heavy atom. The molecule has 0 aromatic carbocycles. The molecule has 0 atom stereocenters. The maximum absolute atomic E-state index is 12.7. The Kier molecular flexibility index (Phi) is 6.76. The number of nitrogens with zero attached hydrogens (tertiary/aromatic N) is 3. The SMILES string of the molecule is COC(=O)c1c(NC(=O)CN2CCN(Cc3ccncc3)CC2)sc2c1CCCC2. The molecule has 1 N–H and O–H groups in total. The molecule has 1 saturated heterocycles. The van der Waals surface area contributed by atoms with Gasteiger partial charge in [0.2, 0.25) is 5.91 Å². The summed E-state index contributed by atoms with van der Waals surface area (Å²) in [5.74, 6) is -0.421. The van der Waals surface area contributed by atoms with E-state index in [1.807, 2.05) is 24.5 Å². The zero-order valence-corrected chi connectivity index (χ0v) is 18.2. The van der Waals surface area contributed by atoms with Crippen molar-refractivity contribution in [3.8, 4) is 0 Å². The van der Waals surface area contributed by atoms with Crippen LogP contribution in [0.2, 0.25) is 0 Å². The Balaban J connectivity index is 1.32. The summed E-state index contributed by atoms with van der Waals surface area (Å²) >= 11 is 1.53. The first kappa shape index (κ1) is 21.0. The molecule has 1 fully saturated rings. The summed E-state index contributed by atoms with van der Waals surface area (Å²) in [4.78, 5) is 34.9. The Morgan fingerprint density at radius 2 is 1.80 bits per heavy atom. The predicted octanol–water partition coefficient (Wildman–Crippen LogP) is 2.56. The smallest absolute Gasteiger partial charge is 0.341 e. The van der Waals surface area contributed by atoms with Crippen LogP contribution in [0.1, 0.15) is 39.2 Å². The van der Waals surface area contributed by atoms with Gasteiger partial charge in [-0.2, -0.15) is 0 Å². The van der Waals surface area contributed by atoms with Gasteiger partial charge in [0.25, 0.3) is 0 Å². The van der Waals surface area contributed by atoms with E-state index in [9.17, 15) is 9.59 Å². The Labute approximate surface area is 181 Å². The molecule has 2 aliphatic rings. The molecule has 160 valence electrons. The number of thiophene rings is 1. The summed E-state index contributed by atoms with van der Waals surface area (Å²) in [5, 5.41) is 3.65. The summed E-state index contributed by atoms with van der Waals surface area (Å²) in [6.07, 6.45) is 7.70. The number of ether oxygens (including phenoxy) is 1. The van der Waals surface area contributed by atoms with Gasteiger partial charge >= 0.3 is 5.97 Å². The third-order valence-electron chi connectivity index (χ3n) is 5.80. The number of nitrogens with one attached hydrogen (secondary N) is 1. The largest absolute Gasteiger partial charge is 0.465 e. The third-order valence-corrected chi connectivity index (χ3v) is 7.01. The van der Waals surface area contributed by atoms with E-state index < -0.39 is 0 Å². The minimum atomic E-state index is -0.352. The molecule has 0 bridgehead atoms. The zero-order chi connectivity index (χ0) is 20.9. The van der Waals surface area contributed by atoms with E-state index in [1.165, 1.54) is 28.9 Å². The molecular weight excluding hydrogens is 400 g/mol. The van der Waals surface area contributed by atoms with E-state index in [1.54, 1.807) is 0 Å². The van der Waals surface area contributed by atoms with Crippen LogP contribution in [0.4, 0.5) is 5.00 Å². The van der Waals surface area contributed by atoms with Gasteiger partial charge in [0.15, 0.2) is 0 Å². The highest BCUT2D eigenvalue weighted by molar-refractivity contribution is 7.17. The molecule has 1 aliphatic carbocycles. The molecule has 0 spiro atoms. The Morgan fingerprint density at radius 1 is 1.10 bits per heavy atom. The first-order chi connectivity index (χ1) is 14.6. The first-order valence-corrected chi connectivity index (χ1v) is 11.3. The lowest BCUT2D eigenvalue weighted by Crippen LogP contribution is -2.48.